The molecule has 0 aliphatic carbocycles. The van der Waals surface area contributed by atoms with Gasteiger partial charge in [0.2, 0.25) is 5.95 Å². The Labute approximate surface area is 139 Å². The molecule has 1 N–H and O–H groups in total. The minimum atomic E-state index is 0.461. The highest BCUT2D eigenvalue weighted by Crippen LogP contribution is 2.20. The number of rotatable bonds is 6. The van der Waals surface area contributed by atoms with E-state index < -0.39 is 0 Å². The molecule has 4 nitrogen and oxygen atoms in total. The summed E-state index contributed by atoms with van der Waals surface area (Å²) in [6.45, 7) is 10.5. The van der Waals surface area contributed by atoms with Gasteiger partial charge in [0.15, 0.2) is 0 Å². The lowest BCUT2D eigenvalue weighted by Crippen LogP contribution is -2.07. The highest BCUT2D eigenvalue weighted by Gasteiger charge is 2.08. The largest absolute Gasteiger partial charge is 0.245 e. The number of benzene rings is 1. The number of hydrazone groups is 1. The molecule has 23 heavy (non-hydrogen) atoms. The Morgan fingerprint density at radius 1 is 1.22 bits per heavy atom. The fourth-order valence-electron chi connectivity index (χ4n) is 2.59. The van der Waals surface area contributed by atoms with Crippen molar-refractivity contribution in [3.8, 4) is 0 Å². The maximum Gasteiger partial charge on any atom is 0.243 e. The lowest BCUT2D eigenvalue weighted by Gasteiger charge is -2.12. The molecule has 0 aliphatic heterocycles. The van der Waals surface area contributed by atoms with Gasteiger partial charge >= 0.3 is 0 Å². The standard InChI is InChI=1S/C19H26N4/c1-6-9-16-12-14(4)20-19(21-16)23-22-15(5)18-11-8-7-10-17(18)13(2)3/h7-8,10-13H,6,9H2,1-5H3,(H,20,21,23). The summed E-state index contributed by atoms with van der Waals surface area (Å²) in [6, 6.07) is 10.4. The molecule has 0 amide bonds. The average Bonchev–Trinajstić information content (AvgIpc) is 2.52. The predicted octanol–water partition coefficient (Wildman–Crippen LogP) is 4.70. The SMILES string of the molecule is CCCc1cc(C)nc(NN=C(C)c2ccccc2C(C)C)n1. The summed E-state index contributed by atoms with van der Waals surface area (Å²) in [4.78, 5) is 8.93. The summed E-state index contributed by atoms with van der Waals surface area (Å²) >= 11 is 0. The van der Waals surface area contributed by atoms with Gasteiger partial charge in [-0.2, -0.15) is 5.10 Å². The van der Waals surface area contributed by atoms with Crippen LogP contribution in [0.2, 0.25) is 0 Å². The molecule has 0 unspecified atom stereocenters. The van der Waals surface area contributed by atoms with Crippen LogP contribution in [0, 0.1) is 6.92 Å². The minimum Gasteiger partial charge on any atom is -0.245 e. The molecule has 0 saturated heterocycles. The first-order valence-electron chi connectivity index (χ1n) is 8.25. The number of aromatic nitrogens is 2. The molecule has 2 aromatic rings. The van der Waals surface area contributed by atoms with E-state index in [1.54, 1.807) is 0 Å². The van der Waals surface area contributed by atoms with Crippen molar-refractivity contribution in [3.05, 3.63) is 52.8 Å². The number of nitrogens with zero attached hydrogens (tertiary/aromatic N) is 3. The topological polar surface area (TPSA) is 50.2 Å². The molecule has 0 aliphatic rings. The number of anilines is 1. The van der Waals surface area contributed by atoms with Crippen molar-refractivity contribution in [2.24, 2.45) is 5.10 Å². The van der Waals surface area contributed by atoms with Gasteiger partial charge < -0.3 is 0 Å². The number of hydrogen-bond acceptors (Lipinski definition) is 4. The molecular weight excluding hydrogens is 284 g/mol. The van der Waals surface area contributed by atoms with Gasteiger partial charge in [0.25, 0.3) is 0 Å². The zero-order valence-corrected chi connectivity index (χ0v) is 14.7. The molecule has 4 heteroatoms. The van der Waals surface area contributed by atoms with E-state index in [0.717, 1.165) is 35.5 Å². The number of nitrogens with one attached hydrogen (secondary N) is 1. The molecule has 0 fully saturated rings. The van der Waals surface area contributed by atoms with Crippen molar-refractivity contribution in [3.63, 3.8) is 0 Å². The quantitative estimate of drug-likeness (QED) is 0.621. The fourth-order valence-corrected chi connectivity index (χ4v) is 2.59. The summed E-state index contributed by atoms with van der Waals surface area (Å²) in [6.07, 6.45) is 2.02. The maximum absolute atomic E-state index is 4.52. The normalized spacial score (nSPS) is 11.8. The third kappa shape index (κ3) is 4.62. The van der Waals surface area contributed by atoms with Crippen LogP contribution in [-0.4, -0.2) is 15.7 Å². The van der Waals surface area contributed by atoms with Crippen LogP contribution in [0.5, 0.6) is 0 Å². The van der Waals surface area contributed by atoms with Gasteiger partial charge in [-0.3, -0.25) is 0 Å². The molecule has 0 radical (unpaired) electrons. The van der Waals surface area contributed by atoms with E-state index in [9.17, 15) is 0 Å². The Morgan fingerprint density at radius 3 is 2.65 bits per heavy atom. The Morgan fingerprint density at radius 2 is 1.96 bits per heavy atom. The Kier molecular flexibility index (Phi) is 5.85. The summed E-state index contributed by atoms with van der Waals surface area (Å²) in [5.41, 5.74) is 8.43. The minimum absolute atomic E-state index is 0.461. The van der Waals surface area contributed by atoms with E-state index in [-0.39, 0.29) is 0 Å². The van der Waals surface area contributed by atoms with Gasteiger partial charge in [0.1, 0.15) is 0 Å². The van der Waals surface area contributed by atoms with Crippen LogP contribution in [0.3, 0.4) is 0 Å². The van der Waals surface area contributed by atoms with Crippen molar-refractivity contribution in [2.75, 3.05) is 5.43 Å². The van der Waals surface area contributed by atoms with E-state index in [1.165, 1.54) is 5.56 Å². The van der Waals surface area contributed by atoms with Crippen LogP contribution in [0.4, 0.5) is 5.95 Å². The van der Waals surface area contributed by atoms with E-state index in [4.69, 9.17) is 0 Å². The first kappa shape index (κ1) is 17.1. The van der Waals surface area contributed by atoms with Gasteiger partial charge in [-0.1, -0.05) is 51.5 Å². The molecule has 0 atom stereocenters. The van der Waals surface area contributed by atoms with Crippen LogP contribution >= 0.6 is 0 Å². The van der Waals surface area contributed by atoms with Crippen LogP contribution in [-0.2, 0) is 6.42 Å². The van der Waals surface area contributed by atoms with Crippen molar-refractivity contribution < 1.29 is 0 Å². The van der Waals surface area contributed by atoms with Gasteiger partial charge in [-0.25, -0.2) is 15.4 Å². The van der Waals surface area contributed by atoms with Gasteiger partial charge in [0.05, 0.1) is 5.71 Å². The molecule has 122 valence electrons. The van der Waals surface area contributed by atoms with E-state index in [2.05, 4.69) is 59.5 Å². The lowest BCUT2D eigenvalue weighted by atomic mass is 9.95. The number of hydrogen-bond donors (Lipinski definition) is 1. The maximum atomic E-state index is 4.52. The molecule has 1 aromatic heterocycles. The first-order chi connectivity index (χ1) is 11.0. The molecular formula is C19H26N4. The van der Waals surface area contributed by atoms with Crippen LogP contribution < -0.4 is 5.43 Å². The summed E-state index contributed by atoms with van der Waals surface area (Å²) in [5.74, 6) is 1.03. The van der Waals surface area contributed by atoms with Gasteiger partial charge in [-0.15, -0.1) is 0 Å². The van der Waals surface area contributed by atoms with Gasteiger partial charge in [0, 0.05) is 17.0 Å². The zero-order valence-electron chi connectivity index (χ0n) is 14.7. The third-order valence-electron chi connectivity index (χ3n) is 3.71. The number of aryl methyl sites for hydroxylation is 2. The molecule has 0 spiro atoms. The smallest absolute Gasteiger partial charge is 0.243 e. The van der Waals surface area contributed by atoms with Crippen molar-refractivity contribution in [2.45, 2.75) is 53.4 Å². The Balaban J connectivity index is 2.23. The predicted molar refractivity (Wildman–Crippen MR) is 97.1 cm³/mol. The second-order valence-corrected chi connectivity index (χ2v) is 6.13. The zero-order chi connectivity index (χ0) is 16.8. The molecule has 1 heterocycles. The van der Waals surface area contributed by atoms with Crippen LogP contribution in [0.15, 0.2) is 35.4 Å². The van der Waals surface area contributed by atoms with E-state index >= 15 is 0 Å². The lowest BCUT2D eigenvalue weighted by molar-refractivity contribution is 0.862. The highest BCUT2D eigenvalue weighted by atomic mass is 15.4. The highest BCUT2D eigenvalue weighted by molar-refractivity contribution is 6.00. The van der Waals surface area contributed by atoms with E-state index in [1.807, 2.05) is 26.0 Å². The molecule has 2 rings (SSSR count). The first-order valence-corrected chi connectivity index (χ1v) is 8.25. The second-order valence-electron chi connectivity index (χ2n) is 6.13. The van der Waals surface area contributed by atoms with E-state index in [0.29, 0.717) is 11.9 Å². The summed E-state index contributed by atoms with van der Waals surface area (Å²) in [5, 5.41) is 4.49. The Bertz CT molecular complexity index is 690. The molecule has 1 aromatic carbocycles. The van der Waals surface area contributed by atoms with Crippen LogP contribution in [0.25, 0.3) is 0 Å². The van der Waals surface area contributed by atoms with Crippen LogP contribution in [0.1, 0.15) is 62.5 Å². The fraction of sp³-hybridized carbons (Fsp3) is 0.421. The third-order valence-corrected chi connectivity index (χ3v) is 3.71. The Hall–Kier alpha value is -2.23. The molecule has 0 saturated carbocycles. The monoisotopic (exact) mass is 310 g/mol. The second kappa shape index (κ2) is 7.86. The van der Waals surface area contributed by atoms with Crippen molar-refractivity contribution in [1.82, 2.24) is 9.97 Å². The summed E-state index contributed by atoms with van der Waals surface area (Å²) < 4.78 is 0. The average molecular weight is 310 g/mol. The molecule has 0 bridgehead atoms. The van der Waals surface area contributed by atoms with Crippen molar-refractivity contribution >= 4 is 11.7 Å². The van der Waals surface area contributed by atoms with Gasteiger partial charge in [-0.05, 0) is 37.8 Å². The van der Waals surface area contributed by atoms with Crippen molar-refractivity contribution in [1.29, 1.82) is 0 Å². The summed E-state index contributed by atoms with van der Waals surface area (Å²) in [7, 11) is 0.